The summed E-state index contributed by atoms with van der Waals surface area (Å²) in [6.45, 7) is 11.6. The predicted octanol–water partition coefficient (Wildman–Crippen LogP) is 8.09. The molecule has 0 aliphatic heterocycles. The van der Waals surface area contributed by atoms with Gasteiger partial charge in [0.15, 0.2) is 5.78 Å². The maximum absolute atomic E-state index is 11.7. The third kappa shape index (κ3) is 4.17. The lowest BCUT2D eigenvalue weighted by Gasteiger charge is -2.48. The van der Waals surface area contributed by atoms with Crippen molar-refractivity contribution in [2.45, 2.75) is 123 Å². The summed E-state index contributed by atoms with van der Waals surface area (Å²) in [6, 6.07) is 7.03. The molecule has 42 heavy (non-hydrogen) atoms. The molecule has 0 radical (unpaired) electrons. The molecule has 2 N–H and O–H groups in total. The zero-order valence-electron chi connectivity index (χ0n) is 26.3. The average molecular weight is 565 g/mol. The van der Waals surface area contributed by atoms with Gasteiger partial charge in [-0.25, -0.2) is 0 Å². The highest BCUT2D eigenvalue weighted by atomic mass is 16.3. The first kappa shape index (κ1) is 28.3. The van der Waals surface area contributed by atoms with E-state index in [1.54, 1.807) is 28.3 Å². The van der Waals surface area contributed by atoms with Crippen molar-refractivity contribution in [2.75, 3.05) is 0 Å². The number of allylic oxidation sites excluding steroid dienone is 8. The molecule has 0 aromatic heterocycles. The largest absolute Gasteiger partial charge is 0.393 e. The van der Waals surface area contributed by atoms with Crippen molar-refractivity contribution in [3.8, 4) is 0 Å². The van der Waals surface area contributed by atoms with Crippen molar-refractivity contribution < 1.29 is 15.0 Å². The zero-order chi connectivity index (χ0) is 29.7. The number of carbonyl (C=O) groups excluding carboxylic acids is 1. The van der Waals surface area contributed by atoms with Gasteiger partial charge in [-0.05, 0) is 130 Å². The van der Waals surface area contributed by atoms with Crippen molar-refractivity contribution in [3.63, 3.8) is 0 Å². The molecule has 1 aromatic rings. The number of aliphatic hydroxyl groups excluding tert-OH is 2. The molecule has 7 aliphatic carbocycles. The molecule has 0 saturated heterocycles. The summed E-state index contributed by atoms with van der Waals surface area (Å²) in [5.41, 5.74) is 14.0. The van der Waals surface area contributed by atoms with E-state index in [-0.39, 0.29) is 39.7 Å². The van der Waals surface area contributed by atoms with Gasteiger partial charge in [-0.1, -0.05) is 79.0 Å². The first-order valence-corrected chi connectivity index (χ1v) is 16.4. The summed E-state index contributed by atoms with van der Waals surface area (Å²) < 4.78 is 0. The van der Waals surface area contributed by atoms with Gasteiger partial charge >= 0.3 is 0 Å². The van der Waals surface area contributed by atoms with Crippen molar-refractivity contribution >= 4 is 5.78 Å². The highest BCUT2D eigenvalue weighted by Crippen LogP contribution is 2.61. The molecule has 7 aliphatic rings. The van der Waals surface area contributed by atoms with E-state index in [0.717, 1.165) is 44.9 Å². The number of benzene rings is 1. The molecule has 0 bridgehead atoms. The third-order valence-corrected chi connectivity index (χ3v) is 12.7. The minimum absolute atomic E-state index is 0.0722. The number of fused-ring (bicyclic) bond motifs is 8. The Balaban J connectivity index is 0.000000137. The molecular weight excluding hydrogens is 516 g/mol. The number of rotatable bonds is 0. The van der Waals surface area contributed by atoms with Gasteiger partial charge in [0, 0.05) is 10.8 Å². The van der Waals surface area contributed by atoms with E-state index in [2.05, 4.69) is 65.0 Å². The first-order valence-electron chi connectivity index (χ1n) is 16.4. The first-order chi connectivity index (χ1) is 19.8. The molecule has 0 heterocycles. The van der Waals surface area contributed by atoms with Crippen LogP contribution in [0.2, 0.25) is 0 Å². The van der Waals surface area contributed by atoms with Crippen molar-refractivity contribution in [1.82, 2.24) is 0 Å². The minimum atomic E-state index is -0.287. The summed E-state index contributed by atoms with van der Waals surface area (Å²) >= 11 is 0. The molecule has 0 unspecified atom stereocenters. The Hall–Kier alpha value is -2.49. The SMILES string of the molecule is C[C@]12CCC3=C(CCC4=CC(=O)C=C[C@@]43C)C1=C[C@@H](O)C2.Cc1ccc2c(c1)CCC1=C3C[C@@H](O)C[C@@]3(C)CC[C@]12C. The second kappa shape index (κ2) is 9.50. The number of carbonyl (C=O) groups is 1. The number of hydrogen-bond acceptors (Lipinski definition) is 3. The fraction of sp³-hybridized carbons (Fsp3) is 0.564. The molecule has 222 valence electrons. The van der Waals surface area contributed by atoms with E-state index in [1.807, 2.05) is 6.08 Å². The lowest BCUT2D eigenvalue weighted by molar-refractivity contribution is -0.110. The van der Waals surface area contributed by atoms with E-state index in [9.17, 15) is 15.0 Å². The van der Waals surface area contributed by atoms with Gasteiger partial charge in [0.25, 0.3) is 0 Å². The van der Waals surface area contributed by atoms with E-state index in [1.165, 1.54) is 53.5 Å². The maximum atomic E-state index is 11.7. The zero-order valence-corrected chi connectivity index (χ0v) is 26.3. The van der Waals surface area contributed by atoms with Crippen LogP contribution in [0.1, 0.15) is 109 Å². The Bertz CT molecular complexity index is 1530. The standard InChI is InChI=1S/C20H26O.C19H22O2/c1-13-4-6-16-14(10-13)5-7-17-18-11-15(21)12-19(18,2)8-9-20(16,17)3;1-18-7-6-16-15(17(18)10-14(21)11-18)4-3-12-9-13(20)5-8-19(12,16)2/h4,6,10,15,21H,5,7-9,11-12H2,1-3H3;5,8-10,14,21H,3-4,6-7,11H2,1-2H3/t15-,19-,20+;14-,18-,19+/m11/s1. The average Bonchev–Trinajstić information content (AvgIpc) is 3.42. The molecule has 1 aromatic carbocycles. The molecule has 3 heteroatoms. The molecule has 6 atom stereocenters. The molecular formula is C39H48O3. The van der Waals surface area contributed by atoms with Crippen LogP contribution in [-0.4, -0.2) is 28.2 Å². The fourth-order valence-electron chi connectivity index (χ4n) is 10.3. The van der Waals surface area contributed by atoms with E-state index >= 15 is 0 Å². The van der Waals surface area contributed by atoms with Crippen molar-refractivity contribution in [3.05, 3.63) is 92.6 Å². The number of ketones is 1. The smallest absolute Gasteiger partial charge is 0.178 e. The molecule has 0 spiro atoms. The Morgan fingerprint density at radius 3 is 2.45 bits per heavy atom. The lowest BCUT2D eigenvalue weighted by atomic mass is 9.56. The van der Waals surface area contributed by atoms with Crippen LogP contribution in [0.4, 0.5) is 0 Å². The Morgan fingerprint density at radius 1 is 0.833 bits per heavy atom. The van der Waals surface area contributed by atoms with Gasteiger partial charge < -0.3 is 10.2 Å². The molecule has 3 nitrogen and oxygen atoms in total. The van der Waals surface area contributed by atoms with Gasteiger partial charge in [-0.2, -0.15) is 0 Å². The van der Waals surface area contributed by atoms with Crippen LogP contribution in [-0.2, 0) is 16.6 Å². The van der Waals surface area contributed by atoms with E-state index in [0.29, 0.717) is 0 Å². The lowest BCUT2D eigenvalue weighted by Crippen LogP contribution is -2.38. The van der Waals surface area contributed by atoms with Gasteiger partial charge in [0.05, 0.1) is 12.2 Å². The topological polar surface area (TPSA) is 57.5 Å². The van der Waals surface area contributed by atoms with Gasteiger partial charge in [-0.3, -0.25) is 4.79 Å². The van der Waals surface area contributed by atoms with E-state index in [4.69, 9.17) is 0 Å². The normalized spacial score (nSPS) is 39.6. The quantitative estimate of drug-likeness (QED) is 0.313. The molecule has 8 rings (SSSR count). The van der Waals surface area contributed by atoms with Crippen molar-refractivity contribution in [2.24, 2.45) is 16.2 Å². The van der Waals surface area contributed by atoms with Gasteiger partial charge in [0.2, 0.25) is 0 Å². The van der Waals surface area contributed by atoms with Gasteiger partial charge in [-0.15, -0.1) is 0 Å². The minimum Gasteiger partial charge on any atom is -0.393 e. The monoisotopic (exact) mass is 564 g/mol. The predicted molar refractivity (Wildman–Crippen MR) is 169 cm³/mol. The van der Waals surface area contributed by atoms with Crippen LogP contribution in [0.5, 0.6) is 0 Å². The highest BCUT2D eigenvalue weighted by Gasteiger charge is 2.50. The summed E-state index contributed by atoms with van der Waals surface area (Å²) in [7, 11) is 0. The van der Waals surface area contributed by atoms with Crippen LogP contribution in [0.3, 0.4) is 0 Å². The van der Waals surface area contributed by atoms with Crippen molar-refractivity contribution in [1.29, 1.82) is 0 Å². The number of aliphatic hydroxyl groups is 2. The fourth-order valence-corrected chi connectivity index (χ4v) is 10.3. The Labute approximate surface area is 252 Å². The maximum Gasteiger partial charge on any atom is 0.178 e. The number of hydrogen-bond donors (Lipinski definition) is 2. The third-order valence-electron chi connectivity index (χ3n) is 12.7. The van der Waals surface area contributed by atoms with Crippen LogP contribution in [0.25, 0.3) is 0 Å². The number of aryl methyl sites for hydroxylation is 2. The van der Waals surface area contributed by atoms with Crippen LogP contribution in [0.15, 0.2) is 75.9 Å². The summed E-state index contributed by atoms with van der Waals surface area (Å²) in [6.07, 6.45) is 19.2. The van der Waals surface area contributed by atoms with Crippen LogP contribution >= 0.6 is 0 Å². The van der Waals surface area contributed by atoms with Gasteiger partial charge in [0.1, 0.15) is 0 Å². The summed E-state index contributed by atoms with van der Waals surface area (Å²) in [5, 5.41) is 20.3. The highest BCUT2D eigenvalue weighted by molar-refractivity contribution is 6.01. The molecule has 1 fully saturated rings. The second-order valence-electron chi connectivity index (χ2n) is 15.5. The second-order valence-corrected chi connectivity index (χ2v) is 15.5. The Morgan fingerprint density at radius 2 is 1.64 bits per heavy atom. The molecule has 0 amide bonds. The summed E-state index contributed by atoms with van der Waals surface area (Å²) in [5.74, 6) is 0.127. The Kier molecular flexibility index (Phi) is 6.40. The van der Waals surface area contributed by atoms with E-state index < -0.39 is 0 Å². The molecule has 1 saturated carbocycles. The summed E-state index contributed by atoms with van der Waals surface area (Å²) in [4.78, 5) is 11.7. The van der Waals surface area contributed by atoms with Crippen LogP contribution in [0, 0.1) is 23.2 Å². The van der Waals surface area contributed by atoms with Crippen LogP contribution < -0.4 is 0 Å².